The number of para-hydroxylation sites is 4. The van der Waals surface area contributed by atoms with E-state index in [2.05, 4.69) is 10.6 Å². The molecule has 2 unspecified atom stereocenters. The maximum Gasteiger partial charge on any atom is 0.327 e. The zero-order chi connectivity index (χ0) is 23.7. The minimum absolute atomic E-state index is 0.0239. The molecule has 170 valence electrons. The summed E-state index contributed by atoms with van der Waals surface area (Å²) in [5, 5.41) is 46.2. The van der Waals surface area contributed by atoms with Crippen LogP contribution in [-0.4, -0.2) is 55.6 Å². The second-order valence-electron chi connectivity index (χ2n) is 6.19. The van der Waals surface area contributed by atoms with Crippen LogP contribution >= 0.6 is 21.6 Å². The van der Waals surface area contributed by atoms with Crippen LogP contribution < -0.4 is 10.6 Å². The molecule has 0 bridgehead atoms. The largest absolute Gasteiger partial charge is 0.480 e. The normalized spacial score (nSPS) is 12.4. The van der Waals surface area contributed by atoms with Crippen LogP contribution in [0.3, 0.4) is 0 Å². The van der Waals surface area contributed by atoms with Crippen molar-refractivity contribution in [2.75, 3.05) is 22.1 Å². The predicted molar refractivity (Wildman–Crippen MR) is 121 cm³/mol. The van der Waals surface area contributed by atoms with Crippen LogP contribution in [0.4, 0.5) is 22.7 Å². The van der Waals surface area contributed by atoms with Gasteiger partial charge in [0.2, 0.25) is 0 Å². The maximum atomic E-state index is 11.5. The van der Waals surface area contributed by atoms with E-state index in [1.165, 1.54) is 48.5 Å². The summed E-state index contributed by atoms with van der Waals surface area (Å²) in [4.78, 5) is 44.0. The third-order valence-electron chi connectivity index (χ3n) is 4.01. The van der Waals surface area contributed by atoms with E-state index >= 15 is 0 Å². The second kappa shape index (κ2) is 11.8. The van der Waals surface area contributed by atoms with Crippen molar-refractivity contribution in [2.45, 2.75) is 12.1 Å². The average Bonchev–Trinajstić information content (AvgIpc) is 2.74. The number of nitro benzene ring substituents is 2. The number of hydrogen-bond acceptors (Lipinski definition) is 10. The highest BCUT2D eigenvalue weighted by atomic mass is 33.1. The minimum atomic E-state index is -1.23. The lowest BCUT2D eigenvalue weighted by Crippen LogP contribution is -2.33. The molecule has 0 saturated carbocycles. The number of nitro groups is 2. The number of hydrogen-bond donors (Lipinski definition) is 4. The zero-order valence-electron chi connectivity index (χ0n) is 16.2. The summed E-state index contributed by atoms with van der Waals surface area (Å²) < 4.78 is 0. The van der Waals surface area contributed by atoms with E-state index in [1.807, 2.05) is 0 Å². The quantitative estimate of drug-likeness (QED) is 0.141. The van der Waals surface area contributed by atoms with Gasteiger partial charge in [-0.2, -0.15) is 0 Å². The molecule has 14 heteroatoms. The number of aliphatic carboxylic acids is 2. The highest BCUT2D eigenvalue weighted by Crippen LogP contribution is 2.29. The van der Waals surface area contributed by atoms with E-state index < -0.39 is 33.9 Å². The lowest BCUT2D eigenvalue weighted by molar-refractivity contribution is -0.384. The van der Waals surface area contributed by atoms with Crippen LogP contribution in [0.5, 0.6) is 0 Å². The fourth-order valence-corrected chi connectivity index (χ4v) is 4.78. The first kappa shape index (κ1) is 24.7. The summed E-state index contributed by atoms with van der Waals surface area (Å²) >= 11 is 0. The summed E-state index contributed by atoms with van der Waals surface area (Å²) in [6, 6.07) is 8.92. The van der Waals surface area contributed by atoms with Crippen molar-refractivity contribution in [3.63, 3.8) is 0 Å². The summed E-state index contributed by atoms with van der Waals surface area (Å²) in [5.74, 6) is -2.51. The number of carbonyl (C=O) groups is 2. The Labute approximate surface area is 189 Å². The van der Waals surface area contributed by atoms with E-state index in [-0.39, 0.29) is 34.3 Å². The molecule has 0 aliphatic rings. The summed E-state index contributed by atoms with van der Waals surface area (Å²) in [5.41, 5.74) is -0.430. The van der Waals surface area contributed by atoms with Crippen molar-refractivity contribution in [3.8, 4) is 0 Å². The van der Waals surface area contributed by atoms with E-state index in [4.69, 9.17) is 0 Å². The van der Waals surface area contributed by atoms with Gasteiger partial charge in [-0.1, -0.05) is 45.9 Å². The number of carboxylic acids is 2. The number of anilines is 2. The number of nitrogens with one attached hydrogen (secondary N) is 2. The minimum Gasteiger partial charge on any atom is -0.480 e. The van der Waals surface area contributed by atoms with Gasteiger partial charge < -0.3 is 20.8 Å². The Kier molecular flexibility index (Phi) is 9.09. The molecule has 0 amide bonds. The number of rotatable bonds is 13. The topological polar surface area (TPSA) is 185 Å². The van der Waals surface area contributed by atoms with Gasteiger partial charge >= 0.3 is 11.9 Å². The predicted octanol–water partition coefficient (Wildman–Crippen LogP) is 3.31. The first-order valence-corrected chi connectivity index (χ1v) is 11.4. The van der Waals surface area contributed by atoms with Crippen LogP contribution in [0.2, 0.25) is 0 Å². The molecular weight excluding hydrogens is 464 g/mol. The first-order valence-electron chi connectivity index (χ1n) is 8.90. The second-order valence-corrected chi connectivity index (χ2v) is 8.74. The molecule has 0 saturated heterocycles. The van der Waals surface area contributed by atoms with Crippen molar-refractivity contribution in [1.29, 1.82) is 0 Å². The van der Waals surface area contributed by atoms with Crippen molar-refractivity contribution in [3.05, 3.63) is 68.8 Å². The molecule has 0 aliphatic heterocycles. The smallest absolute Gasteiger partial charge is 0.327 e. The molecule has 2 aromatic carbocycles. The molecule has 32 heavy (non-hydrogen) atoms. The summed E-state index contributed by atoms with van der Waals surface area (Å²) in [7, 11) is 2.11. The molecule has 0 aromatic heterocycles. The molecule has 0 spiro atoms. The highest BCUT2D eigenvalue weighted by molar-refractivity contribution is 8.76. The molecule has 2 atom stereocenters. The Hall–Kier alpha value is -3.52. The summed E-state index contributed by atoms with van der Waals surface area (Å²) in [6.07, 6.45) is 0. The van der Waals surface area contributed by atoms with Gasteiger partial charge in [-0.3, -0.25) is 20.2 Å². The Morgan fingerprint density at radius 3 is 1.44 bits per heavy atom. The fraction of sp³-hybridized carbons (Fsp3) is 0.222. The van der Waals surface area contributed by atoms with Gasteiger partial charge in [0, 0.05) is 23.6 Å². The van der Waals surface area contributed by atoms with Gasteiger partial charge in [-0.05, 0) is 12.1 Å². The van der Waals surface area contributed by atoms with Gasteiger partial charge in [0.05, 0.1) is 9.85 Å². The van der Waals surface area contributed by atoms with Crippen molar-refractivity contribution >= 4 is 56.3 Å². The Morgan fingerprint density at radius 2 is 1.12 bits per heavy atom. The van der Waals surface area contributed by atoms with Gasteiger partial charge in [-0.15, -0.1) is 0 Å². The number of benzene rings is 2. The molecular formula is C18H18N4O8S2. The molecule has 4 N–H and O–H groups in total. The van der Waals surface area contributed by atoms with Gasteiger partial charge in [0.25, 0.3) is 11.4 Å². The number of carboxylic acid groups (broad SMARTS) is 2. The van der Waals surface area contributed by atoms with Crippen LogP contribution in [0.15, 0.2) is 48.5 Å². The molecule has 0 heterocycles. The zero-order valence-corrected chi connectivity index (χ0v) is 17.9. The van der Waals surface area contributed by atoms with Crippen LogP contribution in [0.25, 0.3) is 0 Å². The third kappa shape index (κ3) is 7.02. The Bertz CT molecular complexity index is 927. The summed E-state index contributed by atoms with van der Waals surface area (Å²) in [6.45, 7) is 0. The standard InChI is InChI=1S/C18H18N4O8S2/c23-17(24)13(19-11-5-1-3-7-15(11)21(27)28)9-31-32-10-14(18(25)26)20-12-6-2-4-8-16(12)22(29)30/h1-8,13-14,19-20H,9-10H2,(H,23,24)(H,25,26). The van der Waals surface area contributed by atoms with E-state index in [1.54, 1.807) is 0 Å². The molecule has 0 fully saturated rings. The van der Waals surface area contributed by atoms with E-state index in [9.17, 15) is 40.0 Å². The molecule has 12 nitrogen and oxygen atoms in total. The Balaban J connectivity index is 1.96. The lowest BCUT2D eigenvalue weighted by atomic mass is 10.2. The third-order valence-corrected chi connectivity index (χ3v) is 6.43. The molecule has 2 rings (SSSR count). The molecule has 2 aromatic rings. The van der Waals surface area contributed by atoms with Crippen molar-refractivity contribution in [2.24, 2.45) is 0 Å². The SMILES string of the molecule is O=C(O)C(CSSCC(Nc1ccccc1[N+](=O)[O-])C(=O)O)Nc1ccccc1[N+](=O)[O-]. The monoisotopic (exact) mass is 482 g/mol. The maximum absolute atomic E-state index is 11.5. The molecule has 0 aliphatic carbocycles. The van der Waals surface area contributed by atoms with Crippen molar-refractivity contribution < 1.29 is 29.6 Å². The Morgan fingerprint density at radius 1 is 0.781 bits per heavy atom. The first-order chi connectivity index (χ1) is 15.2. The van der Waals surface area contributed by atoms with Crippen LogP contribution in [0, 0.1) is 20.2 Å². The van der Waals surface area contributed by atoms with Crippen LogP contribution in [-0.2, 0) is 9.59 Å². The van der Waals surface area contributed by atoms with Gasteiger partial charge in [0.15, 0.2) is 0 Å². The average molecular weight is 482 g/mol. The van der Waals surface area contributed by atoms with Gasteiger partial charge in [-0.25, -0.2) is 9.59 Å². The highest BCUT2D eigenvalue weighted by Gasteiger charge is 2.24. The lowest BCUT2D eigenvalue weighted by Gasteiger charge is -2.17. The van der Waals surface area contributed by atoms with Crippen molar-refractivity contribution in [1.82, 2.24) is 0 Å². The van der Waals surface area contributed by atoms with Gasteiger partial charge in [0.1, 0.15) is 23.5 Å². The number of nitrogens with zero attached hydrogens (tertiary/aromatic N) is 2. The van der Waals surface area contributed by atoms with E-state index in [0.29, 0.717) is 0 Å². The molecule has 0 radical (unpaired) electrons. The van der Waals surface area contributed by atoms with E-state index in [0.717, 1.165) is 21.6 Å². The van der Waals surface area contributed by atoms with Crippen LogP contribution in [0.1, 0.15) is 0 Å². The fourth-order valence-electron chi connectivity index (χ4n) is 2.47.